The van der Waals surface area contributed by atoms with Gasteiger partial charge in [0.2, 0.25) is 0 Å². The molecule has 0 aromatic rings. The van der Waals surface area contributed by atoms with Crippen LogP contribution in [0.1, 0.15) is 45.4 Å². The Morgan fingerprint density at radius 1 is 0.792 bits per heavy atom. The van der Waals surface area contributed by atoms with E-state index in [1.807, 2.05) is 0 Å². The van der Waals surface area contributed by atoms with Crippen LogP contribution in [-0.2, 0) is 0 Å². The van der Waals surface area contributed by atoms with E-state index in [-0.39, 0.29) is 0 Å². The monoisotopic (exact) mass is 336 g/mol. The van der Waals surface area contributed by atoms with Crippen molar-refractivity contribution in [1.82, 2.24) is 19.6 Å². The number of piperidine rings is 1. The Kier molecular flexibility index (Phi) is 6.03. The van der Waals surface area contributed by atoms with Crippen molar-refractivity contribution in [3.8, 4) is 0 Å². The lowest BCUT2D eigenvalue weighted by Gasteiger charge is -2.44. The zero-order valence-electron chi connectivity index (χ0n) is 15.8. The van der Waals surface area contributed by atoms with Crippen molar-refractivity contribution in [3.63, 3.8) is 0 Å². The third kappa shape index (κ3) is 4.63. The Morgan fingerprint density at radius 2 is 1.33 bits per heavy atom. The molecule has 0 N–H and O–H groups in total. The normalized spacial score (nSPS) is 27.1. The maximum Gasteiger partial charge on any atom is 0.319 e. The molecule has 138 valence electrons. The average Bonchev–Trinajstić information content (AvgIpc) is 2.86. The summed E-state index contributed by atoms with van der Waals surface area (Å²) in [5.41, 5.74) is 0.380. The number of amides is 2. The van der Waals surface area contributed by atoms with Crippen LogP contribution in [0.25, 0.3) is 0 Å². The fourth-order valence-electron chi connectivity index (χ4n) is 4.40. The van der Waals surface area contributed by atoms with Gasteiger partial charge in [-0.25, -0.2) is 4.79 Å². The lowest BCUT2D eigenvalue weighted by Crippen LogP contribution is -2.53. The van der Waals surface area contributed by atoms with Gasteiger partial charge in [0.1, 0.15) is 0 Å². The SMILES string of the molecule is CN1CCN(CC2(C)CCN(C(=O)N3CCCCCC3)CC2)CC1. The highest BCUT2D eigenvalue weighted by Crippen LogP contribution is 2.32. The van der Waals surface area contributed by atoms with E-state index in [9.17, 15) is 4.79 Å². The summed E-state index contributed by atoms with van der Waals surface area (Å²) >= 11 is 0. The topological polar surface area (TPSA) is 30.0 Å². The number of piperazine rings is 1. The number of likely N-dealkylation sites (tertiary alicyclic amines) is 2. The van der Waals surface area contributed by atoms with Gasteiger partial charge in [-0.3, -0.25) is 0 Å². The van der Waals surface area contributed by atoms with Crippen LogP contribution in [0.3, 0.4) is 0 Å². The zero-order valence-corrected chi connectivity index (χ0v) is 15.8. The number of hydrogen-bond acceptors (Lipinski definition) is 3. The van der Waals surface area contributed by atoms with Gasteiger partial charge < -0.3 is 19.6 Å². The van der Waals surface area contributed by atoms with Crippen LogP contribution < -0.4 is 0 Å². The number of nitrogens with zero attached hydrogens (tertiary/aromatic N) is 4. The molecular formula is C19H36N4O. The van der Waals surface area contributed by atoms with E-state index in [0.29, 0.717) is 11.4 Å². The molecule has 0 bridgehead atoms. The summed E-state index contributed by atoms with van der Waals surface area (Å²) in [6.07, 6.45) is 7.24. The molecule has 3 heterocycles. The van der Waals surface area contributed by atoms with Crippen molar-refractivity contribution in [2.45, 2.75) is 45.4 Å². The fraction of sp³-hybridized carbons (Fsp3) is 0.947. The first kappa shape index (κ1) is 18.0. The second-order valence-corrected chi connectivity index (χ2v) is 8.56. The number of urea groups is 1. The van der Waals surface area contributed by atoms with Gasteiger partial charge in [-0.15, -0.1) is 0 Å². The Bertz CT molecular complexity index is 404. The summed E-state index contributed by atoms with van der Waals surface area (Å²) in [7, 11) is 2.21. The summed E-state index contributed by atoms with van der Waals surface area (Å²) in [6.45, 7) is 12.2. The van der Waals surface area contributed by atoms with E-state index >= 15 is 0 Å². The van der Waals surface area contributed by atoms with Crippen molar-refractivity contribution in [1.29, 1.82) is 0 Å². The molecule has 3 saturated heterocycles. The molecule has 0 aromatic carbocycles. The van der Waals surface area contributed by atoms with E-state index in [1.165, 1.54) is 58.4 Å². The summed E-state index contributed by atoms with van der Waals surface area (Å²) < 4.78 is 0. The molecule has 3 aliphatic rings. The molecule has 0 aromatic heterocycles. The van der Waals surface area contributed by atoms with E-state index in [2.05, 4.69) is 33.6 Å². The van der Waals surface area contributed by atoms with Crippen LogP contribution in [0.2, 0.25) is 0 Å². The highest BCUT2D eigenvalue weighted by atomic mass is 16.2. The van der Waals surface area contributed by atoms with Crippen LogP contribution >= 0.6 is 0 Å². The third-order valence-corrected chi connectivity index (χ3v) is 6.32. The maximum atomic E-state index is 12.8. The first-order valence-corrected chi connectivity index (χ1v) is 10.0. The van der Waals surface area contributed by atoms with Gasteiger partial charge in [-0.1, -0.05) is 19.8 Å². The Labute approximate surface area is 147 Å². The van der Waals surface area contributed by atoms with Crippen LogP contribution in [0.5, 0.6) is 0 Å². The van der Waals surface area contributed by atoms with Crippen molar-refractivity contribution >= 4 is 6.03 Å². The molecule has 0 radical (unpaired) electrons. The van der Waals surface area contributed by atoms with Crippen molar-refractivity contribution in [2.24, 2.45) is 5.41 Å². The molecule has 3 fully saturated rings. The largest absolute Gasteiger partial charge is 0.325 e. The van der Waals surface area contributed by atoms with Crippen molar-refractivity contribution < 1.29 is 4.79 Å². The fourth-order valence-corrected chi connectivity index (χ4v) is 4.40. The number of carbonyl (C=O) groups is 1. The summed E-state index contributed by atoms with van der Waals surface area (Å²) in [6, 6.07) is 0.304. The molecule has 0 atom stereocenters. The Hall–Kier alpha value is -0.810. The number of likely N-dealkylation sites (N-methyl/N-ethyl adjacent to an activating group) is 1. The minimum absolute atomic E-state index is 0.304. The standard InChI is InChI=1S/C19H36N4O/c1-19(17-21-15-13-20(2)14-16-21)7-11-23(12-8-19)18(24)22-9-5-3-4-6-10-22/h3-17H2,1-2H3. The van der Waals surface area contributed by atoms with Crippen LogP contribution in [-0.4, -0.2) is 91.6 Å². The quantitative estimate of drug-likeness (QED) is 0.775. The van der Waals surface area contributed by atoms with Crippen molar-refractivity contribution in [3.05, 3.63) is 0 Å². The van der Waals surface area contributed by atoms with E-state index < -0.39 is 0 Å². The van der Waals surface area contributed by atoms with Crippen LogP contribution in [0.4, 0.5) is 4.79 Å². The predicted octanol–water partition coefficient (Wildman–Crippen LogP) is 2.33. The molecule has 2 amide bonds. The van der Waals surface area contributed by atoms with Gasteiger partial charge in [0.25, 0.3) is 0 Å². The third-order valence-electron chi connectivity index (χ3n) is 6.32. The predicted molar refractivity (Wildman–Crippen MR) is 98.3 cm³/mol. The maximum absolute atomic E-state index is 12.8. The number of hydrogen-bond donors (Lipinski definition) is 0. The molecule has 24 heavy (non-hydrogen) atoms. The molecule has 5 heteroatoms. The van der Waals surface area contributed by atoms with E-state index in [4.69, 9.17) is 0 Å². The zero-order chi connectivity index (χ0) is 17.0. The smallest absolute Gasteiger partial charge is 0.319 e. The van der Waals surface area contributed by atoms with Gasteiger partial charge in [0.15, 0.2) is 0 Å². The van der Waals surface area contributed by atoms with Gasteiger partial charge in [-0.2, -0.15) is 0 Å². The summed E-state index contributed by atoms with van der Waals surface area (Å²) in [5, 5.41) is 0. The molecule has 5 nitrogen and oxygen atoms in total. The molecule has 0 aliphatic carbocycles. The first-order chi connectivity index (χ1) is 11.6. The van der Waals surface area contributed by atoms with Crippen LogP contribution in [0.15, 0.2) is 0 Å². The van der Waals surface area contributed by atoms with Gasteiger partial charge in [0.05, 0.1) is 0 Å². The second-order valence-electron chi connectivity index (χ2n) is 8.56. The molecule has 3 aliphatic heterocycles. The highest BCUT2D eigenvalue weighted by molar-refractivity contribution is 5.74. The minimum atomic E-state index is 0.304. The lowest BCUT2D eigenvalue weighted by atomic mass is 9.79. The van der Waals surface area contributed by atoms with E-state index in [0.717, 1.165) is 39.0 Å². The summed E-state index contributed by atoms with van der Waals surface area (Å²) in [4.78, 5) is 22.1. The minimum Gasteiger partial charge on any atom is -0.325 e. The molecule has 0 unspecified atom stereocenters. The molecule has 0 spiro atoms. The van der Waals surface area contributed by atoms with Gasteiger partial charge in [-0.05, 0) is 38.1 Å². The van der Waals surface area contributed by atoms with Crippen LogP contribution in [0, 0.1) is 5.41 Å². The molecular weight excluding hydrogens is 300 g/mol. The Morgan fingerprint density at radius 3 is 1.92 bits per heavy atom. The first-order valence-electron chi connectivity index (χ1n) is 10.0. The van der Waals surface area contributed by atoms with E-state index in [1.54, 1.807) is 0 Å². The van der Waals surface area contributed by atoms with Crippen molar-refractivity contribution in [2.75, 3.05) is 66.0 Å². The molecule has 3 rings (SSSR count). The number of carbonyl (C=O) groups excluding carboxylic acids is 1. The van der Waals surface area contributed by atoms with Gasteiger partial charge >= 0.3 is 6.03 Å². The number of rotatable bonds is 2. The van der Waals surface area contributed by atoms with Gasteiger partial charge in [0, 0.05) is 58.9 Å². The average molecular weight is 337 g/mol. The Balaban J connectivity index is 1.46. The lowest BCUT2D eigenvalue weighted by molar-refractivity contribution is 0.0566. The summed E-state index contributed by atoms with van der Waals surface area (Å²) in [5.74, 6) is 0. The highest BCUT2D eigenvalue weighted by Gasteiger charge is 2.35. The molecule has 0 saturated carbocycles. The second kappa shape index (κ2) is 8.05.